The summed E-state index contributed by atoms with van der Waals surface area (Å²) in [4.78, 5) is 4.02. The highest BCUT2D eigenvalue weighted by molar-refractivity contribution is 5.65. The zero-order chi connectivity index (χ0) is 15.5. The van der Waals surface area contributed by atoms with E-state index in [-0.39, 0.29) is 12.2 Å². The van der Waals surface area contributed by atoms with Gasteiger partial charge in [0.1, 0.15) is 17.9 Å². The molecule has 120 valence electrons. The summed E-state index contributed by atoms with van der Waals surface area (Å²) in [6, 6.07) is 3.98. The highest BCUT2D eigenvalue weighted by Gasteiger charge is 2.35. The lowest BCUT2D eigenvalue weighted by Crippen LogP contribution is -2.16. The number of nitrogens with zero attached hydrogens (tertiary/aromatic N) is 3. The van der Waals surface area contributed by atoms with Crippen LogP contribution in [0.25, 0.3) is 5.52 Å². The molecule has 0 bridgehead atoms. The molecule has 22 heavy (non-hydrogen) atoms. The van der Waals surface area contributed by atoms with E-state index in [2.05, 4.69) is 23.9 Å². The zero-order valence-electron chi connectivity index (χ0n) is 13.2. The molecule has 1 saturated heterocycles. The van der Waals surface area contributed by atoms with E-state index in [1.165, 1.54) is 6.33 Å². The molecule has 3 heterocycles. The zero-order valence-corrected chi connectivity index (χ0v) is 13.2. The predicted molar refractivity (Wildman–Crippen MR) is 84.5 cm³/mol. The number of anilines is 1. The maximum atomic E-state index is 6.20. The predicted octanol–water partition coefficient (Wildman–Crippen LogP) is 2.59. The van der Waals surface area contributed by atoms with Crippen molar-refractivity contribution in [2.45, 2.75) is 45.3 Å². The van der Waals surface area contributed by atoms with Crippen LogP contribution in [0.5, 0.6) is 0 Å². The van der Waals surface area contributed by atoms with E-state index in [4.69, 9.17) is 15.2 Å². The standard InChI is InChI=1S/C16H24N4O2/c1-3-4-7-21-9-12-8-11(2)15(22-12)13-5-6-14-16(17)18-10-19-20(13)14/h5-6,10-12,15H,3-4,7-9H2,1-2H3,(H2,17,18,19)/t11-,12-,15+/m0/s1. The summed E-state index contributed by atoms with van der Waals surface area (Å²) in [6.07, 6.45) is 4.92. The topological polar surface area (TPSA) is 74.7 Å². The van der Waals surface area contributed by atoms with Gasteiger partial charge in [0.15, 0.2) is 5.82 Å². The Morgan fingerprint density at radius 2 is 2.32 bits per heavy atom. The van der Waals surface area contributed by atoms with Crippen molar-refractivity contribution in [2.75, 3.05) is 18.9 Å². The Labute approximate surface area is 130 Å². The maximum Gasteiger partial charge on any atom is 0.151 e. The Morgan fingerprint density at radius 3 is 3.14 bits per heavy atom. The van der Waals surface area contributed by atoms with Crippen molar-refractivity contribution in [3.63, 3.8) is 0 Å². The SMILES string of the molecule is CCCCOC[C@@H]1C[C@H](C)[C@H](c2ccc3c(N)ncnn23)O1. The smallest absolute Gasteiger partial charge is 0.151 e. The van der Waals surface area contributed by atoms with E-state index in [9.17, 15) is 0 Å². The second kappa shape index (κ2) is 6.62. The molecule has 0 aliphatic carbocycles. The van der Waals surface area contributed by atoms with E-state index in [1.807, 2.05) is 16.6 Å². The molecule has 6 heteroatoms. The molecule has 2 aromatic heterocycles. The molecule has 6 nitrogen and oxygen atoms in total. The first kappa shape index (κ1) is 15.2. The molecule has 2 N–H and O–H groups in total. The van der Waals surface area contributed by atoms with Gasteiger partial charge in [-0.25, -0.2) is 9.50 Å². The van der Waals surface area contributed by atoms with Gasteiger partial charge < -0.3 is 15.2 Å². The Morgan fingerprint density at radius 1 is 1.45 bits per heavy atom. The monoisotopic (exact) mass is 304 g/mol. The lowest BCUT2D eigenvalue weighted by molar-refractivity contribution is -0.0216. The Kier molecular flexibility index (Phi) is 4.59. The first-order valence-electron chi connectivity index (χ1n) is 8.02. The molecule has 0 aromatic carbocycles. The van der Waals surface area contributed by atoms with E-state index in [0.717, 1.165) is 37.1 Å². The Balaban J connectivity index is 1.70. The van der Waals surface area contributed by atoms with Crippen LogP contribution < -0.4 is 5.73 Å². The summed E-state index contributed by atoms with van der Waals surface area (Å²) in [5.74, 6) is 0.917. The Bertz CT molecular complexity index is 628. The van der Waals surface area contributed by atoms with Gasteiger partial charge in [-0.2, -0.15) is 5.10 Å². The number of hydrogen-bond donors (Lipinski definition) is 1. The number of unbranched alkanes of at least 4 members (excludes halogenated alkanes) is 1. The minimum Gasteiger partial charge on any atom is -0.382 e. The number of aromatic nitrogens is 3. The average molecular weight is 304 g/mol. The largest absolute Gasteiger partial charge is 0.382 e. The van der Waals surface area contributed by atoms with E-state index in [1.54, 1.807) is 0 Å². The molecule has 3 atom stereocenters. The normalized spacial score (nSPS) is 25.1. The summed E-state index contributed by atoms with van der Waals surface area (Å²) in [7, 11) is 0. The molecular weight excluding hydrogens is 280 g/mol. The maximum absolute atomic E-state index is 6.20. The Hall–Kier alpha value is -1.66. The van der Waals surface area contributed by atoms with Crippen LogP contribution >= 0.6 is 0 Å². The number of hydrogen-bond acceptors (Lipinski definition) is 5. The van der Waals surface area contributed by atoms with Crippen molar-refractivity contribution in [3.05, 3.63) is 24.2 Å². The van der Waals surface area contributed by atoms with Gasteiger partial charge in [0.25, 0.3) is 0 Å². The molecule has 0 unspecified atom stereocenters. The van der Waals surface area contributed by atoms with Crippen LogP contribution in [0, 0.1) is 5.92 Å². The molecule has 3 rings (SSSR count). The van der Waals surface area contributed by atoms with Crippen LogP contribution in [0.4, 0.5) is 5.82 Å². The van der Waals surface area contributed by atoms with Crippen molar-refractivity contribution in [1.29, 1.82) is 0 Å². The van der Waals surface area contributed by atoms with Crippen molar-refractivity contribution in [3.8, 4) is 0 Å². The highest BCUT2D eigenvalue weighted by atomic mass is 16.5. The van der Waals surface area contributed by atoms with Crippen LogP contribution in [0.2, 0.25) is 0 Å². The third-order valence-corrected chi connectivity index (χ3v) is 4.24. The first-order valence-corrected chi connectivity index (χ1v) is 8.02. The van der Waals surface area contributed by atoms with Gasteiger partial charge in [-0.15, -0.1) is 0 Å². The summed E-state index contributed by atoms with van der Waals surface area (Å²) in [6.45, 7) is 5.86. The van der Waals surface area contributed by atoms with Crippen molar-refractivity contribution < 1.29 is 9.47 Å². The highest BCUT2D eigenvalue weighted by Crippen LogP contribution is 2.38. The second-order valence-electron chi connectivity index (χ2n) is 6.02. The van der Waals surface area contributed by atoms with Crippen LogP contribution in [0.15, 0.2) is 18.5 Å². The first-order chi connectivity index (χ1) is 10.7. The number of nitrogen functional groups attached to an aromatic ring is 1. The summed E-state index contributed by atoms with van der Waals surface area (Å²) >= 11 is 0. The number of nitrogens with two attached hydrogens (primary N) is 1. The summed E-state index contributed by atoms with van der Waals surface area (Å²) in [5.41, 5.74) is 7.76. The van der Waals surface area contributed by atoms with E-state index < -0.39 is 0 Å². The lowest BCUT2D eigenvalue weighted by atomic mass is 10.00. The molecule has 0 amide bonds. The van der Waals surface area contributed by atoms with E-state index >= 15 is 0 Å². The fourth-order valence-corrected chi connectivity index (χ4v) is 3.05. The summed E-state index contributed by atoms with van der Waals surface area (Å²) < 4.78 is 13.7. The van der Waals surface area contributed by atoms with Crippen LogP contribution in [-0.2, 0) is 9.47 Å². The third-order valence-electron chi connectivity index (χ3n) is 4.24. The third kappa shape index (κ3) is 2.94. The average Bonchev–Trinajstić information content (AvgIpc) is 3.08. The number of fused-ring (bicyclic) bond motifs is 1. The minimum absolute atomic E-state index is 0.0246. The van der Waals surface area contributed by atoms with Gasteiger partial charge in [0, 0.05) is 6.61 Å². The summed E-state index contributed by atoms with van der Waals surface area (Å²) in [5, 5.41) is 4.31. The minimum atomic E-state index is 0.0246. The fraction of sp³-hybridized carbons (Fsp3) is 0.625. The van der Waals surface area contributed by atoms with Crippen molar-refractivity contribution in [1.82, 2.24) is 14.6 Å². The molecule has 2 aromatic rings. The van der Waals surface area contributed by atoms with Gasteiger partial charge in [-0.3, -0.25) is 0 Å². The quantitative estimate of drug-likeness (QED) is 0.830. The van der Waals surface area contributed by atoms with Crippen LogP contribution in [0.3, 0.4) is 0 Å². The van der Waals surface area contributed by atoms with Crippen LogP contribution in [0.1, 0.15) is 44.9 Å². The molecule has 1 aliphatic heterocycles. The lowest BCUT2D eigenvalue weighted by Gasteiger charge is -2.15. The number of ether oxygens (including phenoxy) is 2. The van der Waals surface area contributed by atoms with Gasteiger partial charge in [0.05, 0.1) is 18.4 Å². The van der Waals surface area contributed by atoms with Crippen molar-refractivity contribution >= 4 is 11.3 Å². The number of rotatable bonds is 6. The molecule has 1 aliphatic rings. The van der Waals surface area contributed by atoms with Gasteiger partial charge in [-0.05, 0) is 30.9 Å². The second-order valence-corrected chi connectivity index (χ2v) is 6.02. The van der Waals surface area contributed by atoms with Crippen molar-refractivity contribution in [2.24, 2.45) is 5.92 Å². The molecule has 0 radical (unpaired) electrons. The van der Waals surface area contributed by atoms with Gasteiger partial charge in [-0.1, -0.05) is 20.3 Å². The van der Waals surface area contributed by atoms with Gasteiger partial charge in [0.2, 0.25) is 0 Å². The fourth-order valence-electron chi connectivity index (χ4n) is 3.05. The molecular formula is C16H24N4O2. The molecule has 0 saturated carbocycles. The molecule has 0 spiro atoms. The van der Waals surface area contributed by atoms with E-state index in [0.29, 0.717) is 18.3 Å². The molecule has 1 fully saturated rings. The van der Waals surface area contributed by atoms with Gasteiger partial charge >= 0.3 is 0 Å². The van der Waals surface area contributed by atoms with Crippen LogP contribution in [-0.4, -0.2) is 33.9 Å².